The molecule has 2 aromatic carbocycles. The van der Waals surface area contributed by atoms with Crippen LogP contribution in [0, 0.1) is 10.1 Å². The van der Waals surface area contributed by atoms with Gasteiger partial charge >= 0.3 is 11.9 Å². The summed E-state index contributed by atoms with van der Waals surface area (Å²) in [5, 5.41) is 13.6. The molecule has 11 heteroatoms. The summed E-state index contributed by atoms with van der Waals surface area (Å²) in [6.45, 7) is 0. The number of anilines is 1. The number of non-ortho nitro benzene ring substituents is 1. The number of ether oxygens (including phenoxy) is 4. The molecule has 2 rings (SSSR count). The first-order chi connectivity index (χ1) is 14.2. The molecule has 11 nitrogen and oxygen atoms in total. The molecule has 2 aromatic rings. The zero-order chi connectivity index (χ0) is 22.4. The Morgan fingerprint density at radius 1 is 0.833 bits per heavy atom. The molecule has 0 aromatic heterocycles. The van der Waals surface area contributed by atoms with Crippen molar-refractivity contribution in [1.82, 2.24) is 0 Å². The number of hydrogen-bond donors (Lipinski definition) is 1. The summed E-state index contributed by atoms with van der Waals surface area (Å²) in [6.07, 6.45) is 0. The van der Waals surface area contributed by atoms with Gasteiger partial charge in [0, 0.05) is 29.8 Å². The van der Waals surface area contributed by atoms with E-state index < -0.39 is 28.5 Å². The summed E-state index contributed by atoms with van der Waals surface area (Å²) < 4.78 is 19.6. The van der Waals surface area contributed by atoms with Gasteiger partial charge in [-0.1, -0.05) is 0 Å². The summed E-state index contributed by atoms with van der Waals surface area (Å²) in [7, 11) is 5.00. The maximum Gasteiger partial charge on any atom is 0.340 e. The summed E-state index contributed by atoms with van der Waals surface area (Å²) in [4.78, 5) is 47.1. The summed E-state index contributed by atoms with van der Waals surface area (Å²) >= 11 is 0. The minimum atomic E-state index is -0.853. The van der Waals surface area contributed by atoms with Gasteiger partial charge in [-0.25, -0.2) is 9.59 Å². The van der Waals surface area contributed by atoms with Crippen LogP contribution in [-0.4, -0.2) is 51.2 Å². The number of nitrogens with one attached hydrogen (secondary N) is 1. The van der Waals surface area contributed by atoms with Crippen LogP contribution in [0.5, 0.6) is 11.5 Å². The number of carbonyl (C=O) groups is 3. The van der Waals surface area contributed by atoms with Crippen molar-refractivity contribution < 1.29 is 38.3 Å². The Labute approximate surface area is 170 Å². The van der Waals surface area contributed by atoms with Crippen molar-refractivity contribution in [2.75, 3.05) is 33.8 Å². The van der Waals surface area contributed by atoms with Crippen LogP contribution in [0.4, 0.5) is 11.4 Å². The lowest BCUT2D eigenvalue weighted by Gasteiger charge is -2.15. The highest BCUT2D eigenvalue weighted by atomic mass is 16.6. The van der Waals surface area contributed by atoms with Crippen LogP contribution in [0.25, 0.3) is 0 Å². The number of nitrogens with zero attached hydrogens (tertiary/aromatic N) is 1. The lowest BCUT2D eigenvalue weighted by Crippen LogP contribution is -2.17. The van der Waals surface area contributed by atoms with E-state index in [0.29, 0.717) is 0 Å². The smallest absolute Gasteiger partial charge is 0.340 e. The van der Waals surface area contributed by atoms with Gasteiger partial charge in [0.25, 0.3) is 11.6 Å². The Morgan fingerprint density at radius 3 is 1.93 bits per heavy atom. The number of benzene rings is 2. The molecule has 0 heterocycles. The van der Waals surface area contributed by atoms with Gasteiger partial charge in [-0.05, 0) is 6.07 Å². The first-order valence-electron chi connectivity index (χ1n) is 8.29. The molecule has 0 aliphatic carbocycles. The number of esters is 2. The highest BCUT2D eigenvalue weighted by Crippen LogP contribution is 2.34. The Morgan fingerprint density at radius 2 is 1.40 bits per heavy atom. The number of carbonyl (C=O) groups excluding carboxylic acids is 3. The number of methoxy groups -OCH3 is 4. The molecular weight excluding hydrogens is 400 g/mol. The van der Waals surface area contributed by atoms with Gasteiger partial charge in [0.05, 0.1) is 50.2 Å². The molecule has 0 bridgehead atoms. The van der Waals surface area contributed by atoms with E-state index in [4.69, 9.17) is 14.2 Å². The minimum absolute atomic E-state index is 0.00984. The monoisotopic (exact) mass is 418 g/mol. The lowest BCUT2D eigenvalue weighted by molar-refractivity contribution is -0.384. The van der Waals surface area contributed by atoms with E-state index in [0.717, 1.165) is 32.4 Å². The second-order valence-electron chi connectivity index (χ2n) is 5.72. The molecule has 1 N–H and O–H groups in total. The van der Waals surface area contributed by atoms with E-state index in [9.17, 15) is 24.5 Å². The highest BCUT2D eigenvalue weighted by molar-refractivity contribution is 6.09. The standard InChI is InChI=1S/C19H18N2O9/c1-27-15-8-13(19(24)30-4)14(9-16(15)28-2)20-17(22)10-5-11(18(23)29-3)7-12(6-10)21(25)26/h5-9H,1-4H3,(H,20,22). The summed E-state index contributed by atoms with van der Waals surface area (Å²) in [6, 6.07) is 5.75. The van der Waals surface area contributed by atoms with Gasteiger partial charge in [-0.2, -0.15) is 0 Å². The van der Waals surface area contributed by atoms with E-state index >= 15 is 0 Å². The van der Waals surface area contributed by atoms with E-state index in [1.54, 1.807) is 0 Å². The van der Waals surface area contributed by atoms with Crippen LogP contribution in [0.15, 0.2) is 30.3 Å². The SMILES string of the molecule is COC(=O)c1cc(C(=O)Nc2cc(OC)c(OC)cc2C(=O)OC)cc([N+](=O)[O-])c1. The third-order valence-electron chi connectivity index (χ3n) is 3.99. The molecule has 0 unspecified atom stereocenters. The number of nitro groups is 1. The molecule has 158 valence electrons. The summed E-state index contributed by atoms with van der Waals surface area (Å²) in [5.74, 6) is -2.00. The van der Waals surface area contributed by atoms with Gasteiger partial charge in [0.2, 0.25) is 0 Å². The van der Waals surface area contributed by atoms with Crippen molar-refractivity contribution in [3.63, 3.8) is 0 Å². The first-order valence-corrected chi connectivity index (χ1v) is 8.29. The fourth-order valence-corrected chi connectivity index (χ4v) is 2.54. The lowest BCUT2D eigenvalue weighted by atomic mass is 10.1. The third-order valence-corrected chi connectivity index (χ3v) is 3.99. The average Bonchev–Trinajstić information content (AvgIpc) is 2.76. The number of amides is 1. The van der Waals surface area contributed by atoms with Crippen LogP contribution in [0.2, 0.25) is 0 Å². The Kier molecular flexibility index (Phi) is 6.91. The molecule has 0 radical (unpaired) electrons. The van der Waals surface area contributed by atoms with Gasteiger partial charge < -0.3 is 24.3 Å². The molecule has 0 atom stereocenters. The summed E-state index contributed by atoms with van der Waals surface area (Å²) in [5.41, 5.74) is -0.895. The molecule has 0 saturated heterocycles. The van der Waals surface area contributed by atoms with Crippen LogP contribution in [0.3, 0.4) is 0 Å². The van der Waals surface area contributed by atoms with Gasteiger partial charge in [-0.15, -0.1) is 0 Å². The number of rotatable bonds is 7. The number of nitro benzene ring substituents is 1. The van der Waals surface area contributed by atoms with E-state index in [1.807, 2.05) is 0 Å². The highest BCUT2D eigenvalue weighted by Gasteiger charge is 2.22. The fraction of sp³-hybridized carbons (Fsp3) is 0.211. The molecule has 0 aliphatic heterocycles. The third kappa shape index (κ3) is 4.63. The molecule has 30 heavy (non-hydrogen) atoms. The van der Waals surface area contributed by atoms with E-state index in [-0.39, 0.29) is 33.9 Å². The van der Waals surface area contributed by atoms with E-state index in [1.165, 1.54) is 26.4 Å². The normalized spacial score (nSPS) is 10.0. The van der Waals surface area contributed by atoms with Crippen molar-refractivity contribution in [3.8, 4) is 11.5 Å². The van der Waals surface area contributed by atoms with E-state index in [2.05, 4.69) is 10.1 Å². The second kappa shape index (κ2) is 9.37. The average molecular weight is 418 g/mol. The Hall–Kier alpha value is -4.15. The first kappa shape index (κ1) is 22.1. The molecule has 0 spiro atoms. The molecule has 0 fully saturated rings. The second-order valence-corrected chi connectivity index (χ2v) is 5.72. The van der Waals surface area contributed by atoms with Crippen molar-refractivity contribution in [2.24, 2.45) is 0 Å². The minimum Gasteiger partial charge on any atom is -0.493 e. The largest absolute Gasteiger partial charge is 0.493 e. The molecule has 1 amide bonds. The molecule has 0 saturated carbocycles. The topological polar surface area (TPSA) is 143 Å². The fourth-order valence-electron chi connectivity index (χ4n) is 2.54. The Bertz CT molecular complexity index is 1020. The van der Waals surface area contributed by atoms with Gasteiger partial charge in [-0.3, -0.25) is 14.9 Å². The maximum atomic E-state index is 12.8. The maximum absolute atomic E-state index is 12.8. The quantitative estimate of drug-likeness (QED) is 0.407. The van der Waals surface area contributed by atoms with Crippen LogP contribution >= 0.6 is 0 Å². The number of hydrogen-bond acceptors (Lipinski definition) is 9. The van der Waals surface area contributed by atoms with Crippen LogP contribution in [0.1, 0.15) is 31.1 Å². The van der Waals surface area contributed by atoms with Gasteiger partial charge in [0.15, 0.2) is 11.5 Å². The van der Waals surface area contributed by atoms with Crippen molar-refractivity contribution in [2.45, 2.75) is 0 Å². The van der Waals surface area contributed by atoms with Gasteiger partial charge in [0.1, 0.15) is 0 Å². The Balaban J connectivity index is 2.53. The van der Waals surface area contributed by atoms with Crippen molar-refractivity contribution >= 4 is 29.2 Å². The zero-order valence-electron chi connectivity index (χ0n) is 16.5. The van der Waals surface area contributed by atoms with Crippen molar-refractivity contribution in [3.05, 3.63) is 57.1 Å². The van der Waals surface area contributed by atoms with Crippen LogP contribution < -0.4 is 14.8 Å². The zero-order valence-corrected chi connectivity index (χ0v) is 16.5. The molecular formula is C19H18N2O9. The molecule has 0 aliphatic rings. The van der Waals surface area contributed by atoms with Crippen molar-refractivity contribution in [1.29, 1.82) is 0 Å². The predicted molar refractivity (Wildman–Crippen MR) is 103 cm³/mol. The predicted octanol–water partition coefficient (Wildman–Crippen LogP) is 2.44. The van der Waals surface area contributed by atoms with Crippen LogP contribution in [-0.2, 0) is 9.47 Å².